The van der Waals surface area contributed by atoms with Crippen LogP contribution in [0, 0.1) is 5.82 Å². The van der Waals surface area contributed by atoms with Gasteiger partial charge >= 0.3 is 6.09 Å². The number of ether oxygens (including phenoxy) is 1. The minimum atomic E-state index is -0.747. The van der Waals surface area contributed by atoms with E-state index >= 15 is 0 Å². The topological polar surface area (TPSA) is 58.6 Å². The molecule has 0 spiro atoms. The Bertz CT molecular complexity index is 587. The fourth-order valence-electron chi connectivity index (χ4n) is 1.64. The number of aliphatic hydroxyl groups excluding tert-OH is 1. The SMILES string of the molecule is O=C(Nc1cc(CO)ccc1F)OCc1ccccc1. The number of carbonyl (C=O) groups is 1. The predicted molar refractivity (Wildman–Crippen MR) is 72.6 cm³/mol. The molecule has 2 rings (SSSR count). The first-order valence-electron chi connectivity index (χ1n) is 6.06. The van der Waals surface area contributed by atoms with Crippen LogP contribution in [0.5, 0.6) is 0 Å². The molecule has 2 N–H and O–H groups in total. The highest BCUT2D eigenvalue weighted by atomic mass is 19.1. The fraction of sp³-hybridized carbons (Fsp3) is 0.133. The van der Waals surface area contributed by atoms with E-state index in [2.05, 4.69) is 5.32 Å². The molecule has 0 saturated heterocycles. The van der Waals surface area contributed by atoms with Crippen LogP contribution in [-0.2, 0) is 18.0 Å². The Morgan fingerprint density at radius 1 is 1.15 bits per heavy atom. The lowest BCUT2D eigenvalue weighted by Gasteiger charge is -2.09. The van der Waals surface area contributed by atoms with E-state index in [1.807, 2.05) is 30.3 Å². The van der Waals surface area contributed by atoms with Gasteiger partial charge in [0.1, 0.15) is 12.4 Å². The number of hydrogen-bond acceptors (Lipinski definition) is 3. The summed E-state index contributed by atoms with van der Waals surface area (Å²) in [6.45, 7) is -0.123. The smallest absolute Gasteiger partial charge is 0.412 e. The zero-order valence-corrected chi connectivity index (χ0v) is 10.7. The molecule has 5 heteroatoms. The number of carbonyl (C=O) groups excluding carboxylic acids is 1. The van der Waals surface area contributed by atoms with Gasteiger partial charge in [0.15, 0.2) is 0 Å². The molecule has 2 aromatic rings. The maximum absolute atomic E-state index is 13.5. The van der Waals surface area contributed by atoms with Crippen LogP contribution in [0.15, 0.2) is 48.5 Å². The molecule has 0 atom stereocenters. The first-order valence-corrected chi connectivity index (χ1v) is 6.06. The van der Waals surface area contributed by atoms with Crippen molar-refractivity contribution >= 4 is 11.8 Å². The number of amides is 1. The number of benzene rings is 2. The van der Waals surface area contributed by atoms with Gasteiger partial charge < -0.3 is 9.84 Å². The van der Waals surface area contributed by atoms with Gasteiger partial charge in [-0.3, -0.25) is 5.32 Å². The van der Waals surface area contributed by atoms with Gasteiger partial charge in [0.05, 0.1) is 12.3 Å². The van der Waals surface area contributed by atoms with Gasteiger partial charge in [-0.2, -0.15) is 0 Å². The lowest BCUT2D eigenvalue weighted by Crippen LogP contribution is -2.14. The number of aliphatic hydroxyl groups is 1. The molecular formula is C15H14FNO3. The minimum Gasteiger partial charge on any atom is -0.444 e. The number of nitrogens with one attached hydrogen (secondary N) is 1. The first-order chi connectivity index (χ1) is 9.69. The number of hydrogen-bond donors (Lipinski definition) is 2. The summed E-state index contributed by atoms with van der Waals surface area (Å²) >= 11 is 0. The zero-order chi connectivity index (χ0) is 14.4. The maximum atomic E-state index is 13.5. The predicted octanol–water partition coefficient (Wildman–Crippen LogP) is 3.07. The van der Waals surface area contributed by atoms with E-state index in [9.17, 15) is 9.18 Å². The van der Waals surface area contributed by atoms with Crippen molar-refractivity contribution in [2.45, 2.75) is 13.2 Å². The van der Waals surface area contributed by atoms with Crippen LogP contribution in [0.3, 0.4) is 0 Å². The third-order valence-corrected chi connectivity index (χ3v) is 2.66. The van der Waals surface area contributed by atoms with E-state index in [-0.39, 0.29) is 18.9 Å². The standard InChI is InChI=1S/C15H14FNO3/c16-13-7-6-12(9-18)8-14(13)17-15(19)20-10-11-4-2-1-3-5-11/h1-8,18H,9-10H2,(H,17,19). The summed E-state index contributed by atoms with van der Waals surface area (Å²) in [7, 11) is 0. The lowest BCUT2D eigenvalue weighted by molar-refractivity contribution is 0.155. The van der Waals surface area contributed by atoms with Gasteiger partial charge in [-0.25, -0.2) is 9.18 Å². The third-order valence-electron chi connectivity index (χ3n) is 2.66. The molecule has 0 saturated carbocycles. The molecule has 0 heterocycles. The van der Waals surface area contributed by atoms with Gasteiger partial charge in [0, 0.05) is 0 Å². The molecule has 2 aromatic carbocycles. The van der Waals surface area contributed by atoms with Crippen molar-refractivity contribution in [2.24, 2.45) is 0 Å². The van der Waals surface area contributed by atoms with E-state index < -0.39 is 11.9 Å². The normalized spacial score (nSPS) is 10.1. The quantitative estimate of drug-likeness (QED) is 0.901. The van der Waals surface area contributed by atoms with E-state index in [0.29, 0.717) is 5.56 Å². The molecule has 0 bridgehead atoms. The molecule has 4 nitrogen and oxygen atoms in total. The van der Waals surface area contributed by atoms with Crippen LogP contribution in [0.25, 0.3) is 0 Å². The van der Waals surface area contributed by atoms with Crippen molar-refractivity contribution in [3.63, 3.8) is 0 Å². The molecule has 0 radical (unpaired) electrons. The molecule has 0 unspecified atom stereocenters. The van der Waals surface area contributed by atoms with Crippen molar-refractivity contribution in [1.82, 2.24) is 0 Å². The van der Waals surface area contributed by atoms with Gasteiger partial charge in [-0.15, -0.1) is 0 Å². The maximum Gasteiger partial charge on any atom is 0.412 e. The van der Waals surface area contributed by atoms with Crippen LogP contribution < -0.4 is 5.32 Å². The zero-order valence-electron chi connectivity index (χ0n) is 10.7. The van der Waals surface area contributed by atoms with E-state index in [1.54, 1.807) is 0 Å². The summed E-state index contributed by atoms with van der Waals surface area (Å²) in [4.78, 5) is 11.6. The molecule has 104 valence electrons. The van der Waals surface area contributed by atoms with Crippen LogP contribution in [-0.4, -0.2) is 11.2 Å². The second kappa shape index (κ2) is 6.68. The monoisotopic (exact) mass is 275 g/mol. The second-order valence-electron chi connectivity index (χ2n) is 4.16. The molecule has 0 fully saturated rings. The molecule has 1 amide bonds. The lowest BCUT2D eigenvalue weighted by atomic mass is 10.2. The van der Waals surface area contributed by atoms with E-state index in [0.717, 1.165) is 5.56 Å². The first kappa shape index (κ1) is 14.0. The molecule has 0 aliphatic carbocycles. The third kappa shape index (κ3) is 3.80. The highest BCUT2D eigenvalue weighted by Gasteiger charge is 2.09. The Kier molecular flexibility index (Phi) is 4.68. The Labute approximate surface area is 115 Å². The molecule has 0 aromatic heterocycles. The largest absolute Gasteiger partial charge is 0.444 e. The Hall–Kier alpha value is -2.40. The molecule has 20 heavy (non-hydrogen) atoms. The Morgan fingerprint density at radius 3 is 2.60 bits per heavy atom. The van der Waals surface area contributed by atoms with Gasteiger partial charge in [0.25, 0.3) is 0 Å². The Morgan fingerprint density at radius 2 is 1.90 bits per heavy atom. The van der Waals surface area contributed by atoms with Crippen LogP contribution >= 0.6 is 0 Å². The van der Waals surface area contributed by atoms with Crippen molar-refractivity contribution in [2.75, 3.05) is 5.32 Å². The van der Waals surface area contributed by atoms with E-state index in [4.69, 9.17) is 9.84 Å². The average Bonchev–Trinajstić information content (AvgIpc) is 2.48. The summed E-state index contributed by atoms with van der Waals surface area (Å²) in [5, 5.41) is 11.3. The summed E-state index contributed by atoms with van der Waals surface area (Å²) < 4.78 is 18.5. The summed E-state index contributed by atoms with van der Waals surface area (Å²) in [6, 6.07) is 13.1. The minimum absolute atomic E-state index is 0.0189. The van der Waals surface area contributed by atoms with Gasteiger partial charge in [-0.05, 0) is 23.3 Å². The summed E-state index contributed by atoms with van der Waals surface area (Å²) in [6.07, 6.45) is -0.747. The van der Waals surface area contributed by atoms with Crippen LogP contribution in [0.4, 0.5) is 14.9 Å². The molecular weight excluding hydrogens is 261 g/mol. The average molecular weight is 275 g/mol. The van der Waals surface area contributed by atoms with Gasteiger partial charge in [0.2, 0.25) is 0 Å². The van der Waals surface area contributed by atoms with E-state index in [1.165, 1.54) is 18.2 Å². The van der Waals surface area contributed by atoms with Crippen molar-refractivity contribution in [1.29, 1.82) is 0 Å². The van der Waals surface area contributed by atoms with Crippen molar-refractivity contribution in [3.8, 4) is 0 Å². The number of rotatable bonds is 4. The van der Waals surface area contributed by atoms with Crippen LogP contribution in [0.2, 0.25) is 0 Å². The Balaban J connectivity index is 1.94. The number of anilines is 1. The summed E-state index contributed by atoms with van der Waals surface area (Å²) in [5.41, 5.74) is 1.33. The number of halogens is 1. The van der Waals surface area contributed by atoms with Crippen LogP contribution in [0.1, 0.15) is 11.1 Å². The van der Waals surface area contributed by atoms with Gasteiger partial charge in [-0.1, -0.05) is 36.4 Å². The highest BCUT2D eigenvalue weighted by Crippen LogP contribution is 2.16. The second-order valence-corrected chi connectivity index (χ2v) is 4.16. The highest BCUT2D eigenvalue weighted by molar-refractivity contribution is 5.84. The van der Waals surface area contributed by atoms with Crippen molar-refractivity contribution in [3.05, 3.63) is 65.5 Å². The van der Waals surface area contributed by atoms with Crippen molar-refractivity contribution < 1.29 is 19.0 Å². The molecule has 0 aliphatic rings. The molecule has 0 aliphatic heterocycles. The summed E-state index contributed by atoms with van der Waals surface area (Å²) in [5.74, 6) is -0.584. The fourth-order valence-corrected chi connectivity index (χ4v) is 1.64.